The lowest BCUT2D eigenvalue weighted by atomic mass is 10.0. The number of sulfonamides is 1. The van der Waals surface area contributed by atoms with Crippen molar-refractivity contribution < 1.29 is 17.6 Å². The minimum Gasteiger partial charge on any atom is -0.315 e. The number of amides is 1. The Kier molecular flexibility index (Phi) is 3.63. The maximum absolute atomic E-state index is 12.7. The van der Waals surface area contributed by atoms with Crippen LogP contribution in [0.5, 0.6) is 0 Å². The topological polar surface area (TPSA) is 75.3 Å². The molecule has 0 spiro atoms. The van der Waals surface area contributed by atoms with Crippen LogP contribution < -0.4 is 10.0 Å². The molecule has 0 aromatic heterocycles. The van der Waals surface area contributed by atoms with E-state index in [0.717, 1.165) is 0 Å². The largest absolute Gasteiger partial charge is 0.315 e. The van der Waals surface area contributed by atoms with Gasteiger partial charge in [-0.3, -0.25) is 9.52 Å². The van der Waals surface area contributed by atoms with Crippen LogP contribution in [0.2, 0.25) is 0 Å². The molecule has 1 aliphatic rings. The third-order valence-corrected chi connectivity index (χ3v) is 3.90. The summed E-state index contributed by atoms with van der Waals surface area (Å²) in [5.74, 6) is -1.54. The molecule has 0 aliphatic carbocycles. The fourth-order valence-corrected chi connectivity index (χ4v) is 2.72. The van der Waals surface area contributed by atoms with Gasteiger partial charge in [-0.1, -0.05) is 12.1 Å². The molecule has 0 atom stereocenters. The molecule has 1 aromatic rings. The lowest BCUT2D eigenvalue weighted by Gasteiger charge is -2.25. The molecule has 1 heterocycles. The van der Waals surface area contributed by atoms with Crippen molar-refractivity contribution in [3.63, 3.8) is 0 Å². The van der Waals surface area contributed by atoms with Crippen LogP contribution in [0.4, 0.5) is 4.39 Å². The van der Waals surface area contributed by atoms with Gasteiger partial charge in [0.1, 0.15) is 5.82 Å². The Morgan fingerprint density at radius 2 is 1.94 bits per heavy atom. The first-order chi connectivity index (χ1) is 8.46. The second-order valence-electron chi connectivity index (χ2n) is 4.21. The van der Waals surface area contributed by atoms with E-state index in [1.165, 1.54) is 24.3 Å². The van der Waals surface area contributed by atoms with Crippen LogP contribution in [0.25, 0.3) is 0 Å². The molecule has 1 saturated heterocycles. The van der Waals surface area contributed by atoms with Crippen molar-refractivity contribution in [2.24, 2.45) is 5.92 Å². The first-order valence-corrected chi connectivity index (χ1v) is 7.11. The van der Waals surface area contributed by atoms with Crippen LogP contribution in [0.15, 0.2) is 24.3 Å². The number of benzene rings is 1. The van der Waals surface area contributed by atoms with E-state index in [-0.39, 0.29) is 11.7 Å². The quantitative estimate of drug-likeness (QED) is 0.808. The van der Waals surface area contributed by atoms with Gasteiger partial charge in [0, 0.05) is 13.1 Å². The normalized spacial score (nSPS) is 16.1. The Labute approximate surface area is 104 Å². The molecule has 18 heavy (non-hydrogen) atoms. The molecule has 5 nitrogen and oxygen atoms in total. The first kappa shape index (κ1) is 13.0. The molecule has 7 heteroatoms. The highest BCUT2D eigenvalue weighted by molar-refractivity contribution is 7.89. The number of rotatable bonds is 4. The summed E-state index contributed by atoms with van der Waals surface area (Å²) in [7, 11) is -3.72. The van der Waals surface area contributed by atoms with Crippen LogP contribution in [-0.4, -0.2) is 27.4 Å². The van der Waals surface area contributed by atoms with Crippen molar-refractivity contribution in [3.05, 3.63) is 35.6 Å². The predicted molar refractivity (Wildman–Crippen MR) is 63.5 cm³/mol. The first-order valence-electron chi connectivity index (χ1n) is 5.46. The number of nitrogens with one attached hydrogen (secondary N) is 2. The Morgan fingerprint density at radius 3 is 2.44 bits per heavy atom. The second kappa shape index (κ2) is 5.03. The van der Waals surface area contributed by atoms with E-state index in [9.17, 15) is 17.6 Å². The summed E-state index contributed by atoms with van der Waals surface area (Å²) in [5, 5.41) is 2.89. The Bertz CT molecular complexity index is 538. The number of carbonyl (C=O) groups excluding carboxylic acids is 1. The van der Waals surface area contributed by atoms with Crippen molar-refractivity contribution in [3.8, 4) is 0 Å². The molecule has 0 bridgehead atoms. The lowest BCUT2D eigenvalue weighted by molar-refractivity contribution is -0.124. The zero-order chi connectivity index (χ0) is 13.2. The SMILES string of the molecule is O=C(NS(=O)(=O)Cc1ccc(F)cc1)C1CNC1. The van der Waals surface area contributed by atoms with E-state index in [0.29, 0.717) is 18.7 Å². The Morgan fingerprint density at radius 1 is 1.33 bits per heavy atom. The molecule has 2 rings (SSSR count). The number of carbonyl (C=O) groups is 1. The van der Waals surface area contributed by atoms with Crippen molar-refractivity contribution >= 4 is 15.9 Å². The molecule has 1 fully saturated rings. The molecular weight excluding hydrogens is 259 g/mol. The molecule has 2 N–H and O–H groups in total. The molecule has 1 aliphatic heterocycles. The fraction of sp³-hybridized carbons (Fsp3) is 0.364. The number of hydrogen-bond acceptors (Lipinski definition) is 4. The van der Waals surface area contributed by atoms with E-state index in [4.69, 9.17) is 0 Å². The van der Waals surface area contributed by atoms with Gasteiger partial charge in [-0.15, -0.1) is 0 Å². The average Bonchev–Trinajstić information content (AvgIpc) is 2.17. The predicted octanol–water partition coefficient (Wildman–Crippen LogP) is -0.00890. The van der Waals surface area contributed by atoms with Gasteiger partial charge in [0.2, 0.25) is 15.9 Å². The molecular formula is C11H13FN2O3S. The highest BCUT2D eigenvalue weighted by atomic mass is 32.2. The minimum atomic E-state index is -3.72. The zero-order valence-electron chi connectivity index (χ0n) is 9.52. The van der Waals surface area contributed by atoms with Gasteiger partial charge >= 0.3 is 0 Å². The minimum absolute atomic E-state index is 0.284. The second-order valence-corrected chi connectivity index (χ2v) is 5.93. The third-order valence-electron chi connectivity index (χ3n) is 2.68. The highest BCUT2D eigenvalue weighted by Gasteiger charge is 2.28. The van der Waals surface area contributed by atoms with Crippen molar-refractivity contribution in [1.29, 1.82) is 0 Å². The summed E-state index contributed by atoms with van der Waals surface area (Å²) in [5.41, 5.74) is 0.434. The lowest BCUT2D eigenvalue weighted by Crippen LogP contribution is -2.51. The molecule has 0 unspecified atom stereocenters. The summed E-state index contributed by atoms with van der Waals surface area (Å²) >= 11 is 0. The van der Waals surface area contributed by atoms with E-state index in [1.807, 2.05) is 4.72 Å². The fourth-order valence-electron chi connectivity index (χ4n) is 1.55. The van der Waals surface area contributed by atoms with Gasteiger partial charge in [-0.2, -0.15) is 0 Å². The maximum Gasteiger partial charge on any atom is 0.239 e. The Hall–Kier alpha value is -1.47. The molecule has 0 radical (unpaired) electrons. The van der Waals surface area contributed by atoms with Crippen LogP contribution >= 0.6 is 0 Å². The van der Waals surface area contributed by atoms with Crippen molar-refractivity contribution in [1.82, 2.24) is 10.0 Å². The smallest absolute Gasteiger partial charge is 0.239 e. The third kappa shape index (κ3) is 3.27. The summed E-state index contributed by atoms with van der Waals surface area (Å²) in [6.45, 7) is 0.996. The van der Waals surface area contributed by atoms with Gasteiger partial charge in [-0.25, -0.2) is 12.8 Å². The van der Waals surface area contributed by atoms with Gasteiger partial charge in [0.05, 0.1) is 11.7 Å². The van der Waals surface area contributed by atoms with Crippen LogP contribution in [0.3, 0.4) is 0 Å². The van der Waals surface area contributed by atoms with Crippen molar-refractivity contribution in [2.75, 3.05) is 13.1 Å². The van der Waals surface area contributed by atoms with E-state index in [2.05, 4.69) is 5.32 Å². The van der Waals surface area contributed by atoms with Crippen LogP contribution in [0.1, 0.15) is 5.56 Å². The van der Waals surface area contributed by atoms with E-state index >= 15 is 0 Å². The van der Waals surface area contributed by atoms with Gasteiger partial charge < -0.3 is 5.32 Å². The number of halogens is 1. The monoisotopic (exact) mass is 272 g/mol. The maximum atomic E-state index is 12.7. The van der Waals surface area contributed by atoms with Gasteiger partial charge in [0.25, 0.3) is 0 Å². The molecule has 1 amide bonds. The standard InChI is InChI=1S/C11H13FN2O3S/c12-10-3-1-8(2-4-10)7-18(16,17)14-11(15)9-5-13-6-9/h1-4,9,13H,5-7H2,(H,14,15). The van der Waals surface area contributed by atoms with E-state index in [1.54, 1.807) is 0 Å². The van der Waals surface area contributed by atoms with Crippen molar-refractivity contribution in [2.45, 2.75) is 5.75 Å². The summed E-state index contributed by atoms with van der Waals surface area (Å²) < 4.78 is 38.1. The Balaban J connectivity index is 1.98. The molecule has 1 aromatic carbocycles. The van der Waals surface area contributed by atoms with Gasteiger partial charge in [0.15, 0.2) is 0 Å². The average molecular weight is 272 g/mol. The van der Waals surface area contributed by atoms with Gasteiger partial charge in [-0.05, 0) is 17.7 Å². The van der Waals surface area contributed by atoms with E-state index < -0.39 is 21.7 Å². The van der Waals surface area contributed by atoms with Crippen LogP contribution in [0, 0.1) is 11.7 Å². The summed E-state index contributed by atoms with van der Waals surface area (Å²) in [6, 6.07) is 5.12. The molecule has 98 valence electrons. The van der Waals surface area contributed by atoms with Crippen LogP contribution in [-0.2, 0) is 20.6 Å². The summed E-state index contributed by atoms with van der Waals surface area (Å²) in [6.07, 6.45) is 0. The highest BCUT2D eigenvalue weighted by Crippen LogP contribution is 2.08. The molecule has 0 saturated carbocycles. The zero-order valence-corrected chi connectivity index (χ0v) is 10.3. The summed E-state index contributed by atoms with van der Waals surface area (Å²) in [4.78, 5) is 11.5. The number of hydrogen-bond donors (Lipinski definition) is 2.